The second-order valence-corrected chi connectivity index (χ2v) is 10.6. The van der Waals surface area contributed by atoms with Crippen LogP contribution in [0.3, 0.4) is 0 Å². The fourth-order valence-electron chi connectivity index (χ4n) is 4.80. The molecule has 0 radical (unpaired) electrons. The maximum Gasteiger partial charge on any atom is 0.256 e. The van der Waals surface area contributed by atoms with Crippen LogP contribution >= 0.6 is 0 Å². The van der Waals surface area contributed by atoms with E-state index in [-0.39, 0.29) is 23.0 Å². The summed E-state index contributed by atoms with van der Waals surface area (Å²) in [5.41, 5.74) is -0.697. The van der Waals surface area contributed by atoms with Crippen molar-refractivity contribution >= 4 is 21.8 Å². The summed E-state index contributed by atoms with van der Waals surface area (Å²) < 4.78 is 26.8. The zero-order valence-electron chi connectivity index (χ0n) is 14.7. The van der Waals surface area contributed by atoms with Gasteiger partial charge in [-0.1, -0.05) is 13.8 Å². The number of hydrogen-bond donors (Lipinski definition) is 0. The molecule has 0 aromatic carbocycles. The van der Waals surface area contributed by atoms with Gasteiger partial charge in [0.05, 0.1) is 5.25 Å². The van der Waals surface area contributed by atoms with Gasteiger partial charge in [0.1, 0.15) is 11.4 Å². The molecule has 2 heterocycles. The molecule has 0 unspecified atom stereocenters. The van der Waals surface area contributed by atoms with Gasteiger partial charge in [0.2, 0.25) is 10.0 Å². The first kappa shape index (κ1) is 16.5. The molecule has 0 bridgehead atoms. The lowest BCUT2D eigenvalue weighted by molar-refractivity contribution is -0.132. The smallest absolute Gasteiger partial charge is 0.256 e. The summed E-state index contributed by atoms with van der Waals surface area (Å²) in [4.78, 5) is 19.8. The molecular formula is C17H27N3O3S. The van der Waals surface area contributed by atoms with E-state index in [2.05, 4.69) is 13.8 Å². The predicted molar refractivity (Wildman–Crippen MR) is 92.1 cm³/mol. The minimum Gasteiger partial charge on any atom is -0.298 e. The monoisotopic (exact) mass is 353 g/mol. The van der Waals surface area contributed by atoms with Gasteiger partial charge in [0, 0.05) is 25.6 Å². The predicted octanol–water partition coefficient (Wildman–Crippen LogP) is 1.48. The van der Waals surface area contributed by atoms with E-state index < -0.39 is 15.6 Å². The van der Waals surface area contributed by atoms with Crippen LogP contribution in [0.2, 0.25) is 0 Å². The number of amidine groups is 1. The van der Waals surface area contributed by atoms with Gasteiger partial charge < -0.3 is 0 Å². The van der Waals surface area contributed by atoms with E-state index in [0.29, 0.717) is 25.6 Å². The van der Waals surface area contributed by atoms with Crippen molar-refractivity contribution in [2.24, 2.45) is 22.7 Å². The van der Waals surface area contributed by atoms with Gasteiger partial charge in [-0.3, -0.25) is 14.7 Å². The summed E-state index contributed by atoms with van der Waals surface area (Å²) in [5, 5.41) is -0.172. The molecule has 2 saturated carbocycles. The Morgan fingerprint density at radius 3 is 2.58 bits per heavy atom. The zero-order chi connectivity index (χ0) is 17.3. The van der Waals surface area contributed by atoms with E-state index >= 15 is 0 Å². The van der Waals surface area contributed by atoms with E-state index in [9.17, 15) is 13.2 Å². The van der Waals surface area contributed by atoms with Crippen molar-refractivity contribution in [3.8, 4) is 0 Å². The lowest BCUT2D eigenvalue weighted by atomic mass is 9.85. The Morgan fingerprint density at radius 2 is 1.96 bits per heavy atom. The van der Waals surface area contributed by atoms with E-state index in [1.807, 2.05) is 11.8 Å². The van der Waals surface area contributed by atoms with Gasteiger partial charge in [-0.2, -0.15) is 0 Å². The Kier molecular flexibility index (Phi) is 3.63. The molecular weight excluding hydrogens is 326 g/mol. The highest BCUT2D eigenvalue weighted by Crippen LogP contribution is 2.51. The first-order chi connectivity index (χ1) is 11.3. The summed E-state index contributed by atoms with van der Waals surface area (Å²) in [7, 11) is -3.16. The third-order valence-electron chi connectivity index (χ3n) is 6.14. The number of carbonyl (C=O) groups excluding carboxylic acids is 1. The van der Waals surface area contributed by atoms with Gasteiger partial charge >= 0.3 is 0 Å². The molecule has 1 amide bonds. The number of hydrogen-bond acceptors (Lipinski definition) is 4. The summed E-state index contributed by atoms with van der Waals surface area (Å²) in [6, 6.07) is 0. The fourth-order valence-corrected chi connectivity index (χ4v) is 6.72. The normalized spacial score (nSPS) is 36.9. The summed E-state index contributed by atoms with van der Waals surface area (Å²) in [6.07, 6.45) is 3.25. The first-order valence-electron chi connectivity index (χ1n) is 9.13. The number of nitrogens with zero attached hydrogens (tertiary/aromatic N) is 3. The highest BCUT2D eigenvalue weighted by atomic mass is 32.2. The van der Waals surface area contributed by atoms with Crippen LogP contribution in [0.15, 0.2) is 4.99 Å². The average Bonchev–Trinajstić information content (AvgIpc) is 3.13. The lowest BCUT2D eigenvalue weighted by Gasteiger charge is -2.28. The molecule has 0 aromatic heterocycles. The molecule has 7 heteroatoms. The molecule has 24 heavy (non-hydrogen) atoms. The lowest BCUT2D eigenvalue weighted by Crippen LogP contribution is -2.47. The van der Waals surface area contributed by atoms with Crippen LogP contribution in [-0.4, -0.2) is 59.8 Å². The molecule has 1 spiro atoms. The van der Waals surface area contributed by atoms with E-state index in [1.54, 1.807) is 4.31 Å². The maximum atomic E-state index is 13.2. The number of amides is 1. The Labute approximate surface area is 144 Å². The number of sulfonamides is 1. The van der Waals surface area contributed by atoms with Crippen LogP contribution in [0, 0.1) is 17.8 Å². The van der Waals surface area contributed by atoms with Crippen LogP contribution in [0.25, 0.3) is 0 Å². The molecule has 0 N–H and O–H groups in total. The first-order valence-corrected chi connectivity index (χ1v) is 10.6. The zero-order valence-corrected chi connectivity index (χ0v) is 15.6. The Balaban J connectivity index is 1.59. The SMILES string of the molecule is CC1=N[C@@]2(CC[C@@H]3CN(S(=O)(=O)C4CC4)C[C@@H]32)C(=O)N1CC(C)C. The van der Waals surface area contributed by atoms with Crippen molar-refractivity contribution in [1.29, 1.82) is 0 Å². The molecule has 3 fully saturated rings. The van der Waals surface area contributed by atoms with Crippen molar-refractivity contribution in [2.75, 3.05) is 19.6 Å². The molecule has 2 aliphatic heterocycles. The quantitative estimate of drug-likeness (QED) is 0.768. The van der Waals surface area contributed by atoms with Crippen LogP contribution in [-0.2, 0) is 14.8 Å². The third kappa shape index (κ3) is 2.27. The Bertz CT molecular complexity index is 698. The van der Waals surface area contributed by atoms with Gasteiger partial charge in [-0.15, -0.1) is 0 Å². The number of carbonyl (C=O) groups is 1. The molecule has 4 aliphatic rings. The van der Waals surface area contributed by atoms with Gasteiger partial charge in [0.15, 0.2) is 0 Å². The van der Waals surface area contributed by atoms with E-state index in [0.717, 1.165) is 31.5 Å². The maximum absolute atomic E-state index is 13.2. The summed E-state index contributed by atoms with van der Waals surface area (Å²) in [5.74, 6) is 1.62. The Morgan fingerprint density at radius 1 is 1.25 bits per heavy atom. The molecule has 134 valence electrons. The standard InChI is InChI=1S/C17H27N3O3S/c1-11(2)8-20-12(3)18-17(16(20)21)7-6-13-9-19(10-15(13)17)24(22,23)14-4-5-14/h11,13-15H,4-10H2,1-3H3/t13-,15+,17-/m1/s1. The minimum atomic E-state index is -3.16. The topological polar surface area (TPSA) is 70.0 Å². The van der Waals surface area contributed by atoms with Crippen molar-refractivity contribution in [2.45, 2.75) is 57.2 Å². The number of fused-ring (bicyclic) bond motifs is 2. The minimum absolute atomic E-state index is 0.0469. The highest BCUT2D eigenvalue weighted by molar-refractivity contribution is 7.90. The molecule has 3 atom stereocenters. The van der Waals surface area contributed by atoms with Crippen molar-refractivity contribution in [1.82, 2.24) is 9.21 Å². The number of aliphatic imine (C=N–C) groups is 1. The van der Waals surface area contributed by atoms with Crippen LogP contribution in [0.1, 0.15) is 46.5 Å². The largest absolute Gasteiger partial charge is 0.298 e. The fraction of sp³-hybridized carbons (Fsp3) is 0.882. The van der Waals surface area contributed by atoms with Crippen molar-refractivity contribution in [3.63, 3.8) is 0 Å². The second kappa shape index (κ2) is 5.27. The molecule has 2 aliphatic carbocycles. The van der Waals surface area contributed by atoms with Gasteiger partial charge in [0.25, 0.3) is 5.91 Å². The summed E-state index contributed by atoms with van der Waals surface area (Å²) in [6.45, 7) is 7.86. The highest BCUT2D eigenvalue weighted by Gasteiger charge is 2.62. The van der Waals surface area contributed by atoms with Crippen LogP contribution < -0.4 is 0 Å². The summed E-state index contributed by atoms with van der Waals surface area (Å²) >= 11 is 0. The van der Waals surface area contributed by atoms with Gasteiger partial charge in [-0.05, 0) is 44.4 Å². The average molecular weight is 353 g/mol. The van der Waals surface area contributed by atoms with Crippen molar-refractivity contribution in [3.05, 3.63) is 0 Å². The second-order valence-electron chi connectivity index (χ2n) is 8.36. The third-order valence-corrected chi connectivity index (χ3v) is 8.47. The van der Waals surface area contributed by atoms with Crippen LogP contribution in [0.5, 0.6) is 0 Å². The van der Waals surface area contributed by atoms with E-state index in [1.165, 1.54) is 0 Å². The van der Waals surface area contributed by atoms with E-state index in [4.69, 9.17) is 4.99 Å². The molecule has 1 saturated heterocycles. The van der Waals surface area contributed by atoms with Crippen molar-refractivity contribution < 1.29 is 13.2 Å². The molecule has 6 nitrogen and oxygen atoms in total. The Hall–Kier alpha value is -0.950. The number of rotatable bonds is 4. The van der Waals surface area contributed by atoms with Crippen LogP contribution in [0.4, 0.5) is 0 Å². The van der Waals surface area contributed by atoms with Gasteiger partial charge in [-0.25, -0.2) is 12.7 Å². The molecule has 0 aromatic rings. The molecule has 4 rings (SSSR count).